The third-order valence-corrected chi connectivity index (χ3v) is 5.54. The van der Waals surface area contributed by atoms with Crippen LogP contribution < -0.4 is 0 Å². The Morgan fingerprint density at radius 2 is 1.79 bits per heavy atom. The Bertz CT molecular complexity index is 966. The number of pyridine rings is 1. The summed E-state index contributed by atoms with van der Waals surface area (Å²) in [5.41, 5.74) is 3.85. The Morgan fingerprint density at radius 3 is 2.57 bits per heavy atom. The molecule has 1 aromatic heterocycles. The maximum atomic E-state index is 12.7. The summed E-state index contributed by atoms with van der Waals surface area (Å²) in [6.07, 6.45) is 2.31. The number of para-hydroxylation sites is 1. The second kappa shape index (κ2) is 8.09. The topological polar surface area (TPSA) is 73.7 Å². The molecule has 1 aliphatic heterocycles. The van der Waals surface area contributed by atoms with Crippen LogP contribution in [0.2, 0.25) is 0 Å². The lowest BCUT2D eigenvalue weighted by Gasteiger charge is -2.17. The van der Waals surface area contributed by atoms with E-state index < -0.39 is 6.10 Å². The quantitative estimate of drug-likeness (QED) is 0.717. The van der Waals surface area contributed by atoms with Gasteiger partial charge in [-0.3, -0.25) is 9.78 Å². The number of carbonyl (C=O) groups is 1. The van der Waals surface area contributed by atoms with Gasteiger partial charge in [-0.15, -0.1) is 0 Å². The van der Waals surface area contributed by atoms with Crippen molar-refractivity contribution in [2.24, 2.45) is 5.92 Å². The summed E-state index contributed by atoms with van der Waals surface area (Å²) in [4.78, 5) is 18.8. The lowest BCUT2D eigenvalue weighted by Crippen LogP contribution is -2.31. The fourth-order valence-corrected chi connectivity index (χ4v) is 3.92. The van der Waals surface area contributed by atoms with Crippen LogP contribution in [0, 0.1) is 5.92 Å². The van der Waals surface area contributed by atoms with Gasteiger partial charge in [-0.05, 0) is 35.2 Å². The number of fused-ring (bicyclic) bond motifs is 1. The zero-order valence-electron chi connectivity index (χ0n) is 15.7. The van der Waals surface area contributed by atoms with Gasteiger partial charge < -0.3 is 15.1 Å². The average molecular weight is 376 g/mol. The Balaban J connectivity index is 1.43. The highest BCUT2D eigenvalue weighted by Gasteiger charge is 2.34. The Morgan fingerprint density at radius 1 is 1.04 bits per heavy atom. The molecule has 3 aromatic rings. The third-order valence-electron chi connectivity index (χ3n) is 5.54. The number of nitrogens with zero attached hydrogens (tertiary/aromatic N) is 2. The second-order valence-electron chi connectivity index (χ2n) is 7.47. The number of β-amino-alcohol motifs (C(OH)–C–C–N with tert-alkyl or cyclic N) is 1. The first-order valence-electron chi connectivity index (χ1n) is 9.61. The van der Waals surface area contributed by atoms with Gasteiger partial charge >= 0.3 is 0 Å². The van der Waals surface area contributed by atoms with Crippen molar-refractivity contribution in [2.75, 3.05) is 13.1 Å². The normalized spacial score (nSPS) is 19.3. The van der Waals surface area contributed by atoms with Crippen LogP contribution >= 0.6 is 0 Å². The molecule has 1 aliphatic rings. The number of likely N-dealkylation sites (tertiary alicyclic amines) is 1. The van der Waals surface area contributed by atoms with Gasteiger partial charge in [0.25, 0.3) is 0 Å². The van der Waals surface area contributed by atoms with Crippen LogP contribution in [0.25, 0.3) is 10.9 Å². The molecule has 5 nitrogen and oxygen atoms in total. The van der Waals surface area contributed by atoms with Gasteiger partial charge in [0, 0.05) is 30.6 Å². The molecule has 0 bridgehead atoms. The summed E-state index contributed by atoms with van der Waals surface area (Å²) in [5.74, 6) is 0.0457. The molecule has 1 amide bonds. The first-order valence-corrected chi connectivity index (χ1v) is 9.61. The van der Waals surface area contributed by atoms with Crippen molar-refractivity contribution in [1.29, 1.82) is 0 Å². The SMILES string of the molecule is O=C(Cc1ccc(CO)cc1)N1C[C@@H](Cc2ccnc3ccccc23)[C@H](O)C1. The molecule has 2 atom stereocenters. The predicted octanol–water partition coefficient (Wildman–Crippen LogP) is 2.33. The highest BCUT2D eigenvalue weighted by atomic mass is 16.3. The molecule has 1 fully saturated rings. The summed E-state index contributed by atoms with van der Waals surface area (Å²) >= 11 is 0. The first kappa shape index (κ1) is 18.6. The maximum absolute atomic E-state index is 12.7. The van der Waals surface area contributed by atoms with Crippen LogP contribution in [-0.4, -0.2) is 45.2 Å². The molecule has 0 radical (unpaired) electrons. The molecule has 0 saturated carbocycles. The molecule has 2 N–H and O–H groups in total. The number of hydrogen-bond donors (Lipinski definition) is 2. The minimum Gasteiger partial charge on any atom is -0.392 e. The largest absolute Gasteiger partial charge is 0.392 e. The van der Waals surface area contributed by atoms with Crippen LogP contribution in [0.15, 0.2) is 60.8 Å². The fraction of sp³-hybridized carbons (Fsp3) is 0.304. The molecule has 28 heavy (non-hydrogen) atoms. The zero-order chi connectivity index (χ0) is 19.5. The molecule has 2 heterocycles. The van der Waals surface area contributed by atoms with E-state index in [9.17, 15) is 9.90 Å². The van der Waals surface area contributed by atoms with Gasteiger partial charge in [0.15, 0.2) is 0 Å². The van der Waals surface area contributed by atoms with E-state index >= 15 is 0 Å². The van der Waals surface area contributed by atoms with Crippen LogP contribution in [0.4, 0.5) is 0 Å². The van der Waals surface area contributed by atoms with Crippen molar-refractivity contribution < 1.29 is 15.0 Å². The lowest BCUT2D eigenvalue weighted by molar-refractivity contribution is -0.129. The Hall–Kier alpha value is -2.76. The smallest absolute Gasteiger partial charge is 0.227 e. The molecule has 0 aliphatic carbocycles. The number of benzene rings is 2. The van der Waals surface area contributed by atoms with E-state index in [0.29, 0.717) is 19.5 Å². The second-order valence-corrected chi connectivity index (χ2v) is 7.47. The van der Waals surface area contributed by atoms with E-state index in [1.165, 1.54) is 0 Å². The van der Waals surface area contributed by atoms with Gasteiger partial charge in [-0.2, -0.15) is 0 Å². The van der Waals surface area contributed by atoms with E-state index in [-0.39, 0.29) is 18.4 Å². The summed E-state index contributed by atoms with van der Waals surface area (Å²) in [7, 11) is 0. The standard InChI is InChI=1S/C23H24N2O3/c26-15-17-7-5-16(6-8-17)11-23(28)25-13-19(22(27)14-25)12-18-9-10-24-21-4-2-1-3-20(18)21/h1-10,19,22,26-27H,11-15H2/t19-,22-/m1/s1. The Kier molecular flexibility index (Phi) is 5.37. The van der Waals surface area contributed by atoms with Crippen molar-refractivity contribution in [3.8, 4) is 0 Å². The Labute approximate surface area is 164 Å². The number of rotatable bonds is 5. The number of amides is 1. The fourth-order valence-electron chi connectivity index (χ4n) is 3.92. The molecule has 2 aromatic carbocycles. The zero-order valence-corrected chi connectivity index (χ0v) is 15.7. The van der Waals surface area contributed by atoms with E-state index in [1.807, 2.05) is 48.5 Å². The summed E-state index contributed by atoms with van der Waals surface area (Å²) in [6.45, 7) is 0.935. The molecular formula is C23H24N2O3. The molecular weight excluding hydrogens is 352 g/mol. The van der Waals surface area contributed by atoms with Crippen molar-refractivity contribution >= 4 is 16.8 Å². The van der Waals surface area contributed by atoms with Gasteiger partial charge in [0.05, 0.1) is 24.6 Å². The van der Waals surface area contributed by atoms with Crippen LogP contribution in [-0.2, 0) is 24.2 Å². The van der Waals surface area contributed by atoms with Gasteiger partial charge in [0.1, 0.15) is 0 Å². The maximum Gasteiger partial charge on any atom is 0.227 e. The van der Waals surface area contributed by atoms with E-state index in [4.69, 9.17) is 5.11 Å². The van der Waals surface area contributed by atoms with E-state index in [1.54, 1.807) is 11.1 Å². The van der Waals surface area contributed by atoms with Crippen LogP contribution in [0.5, 0.6) is 0 Å². The third kappa shape index (κ3) is 3.91. The number of carbonyl (C=O) groups excluding carboxylic acids is 1. The molecule has 4 rings (SSSR count). The highest BCUT2D eigenvalue weighted by Crippen LogP contribution is 2.26. The van der Waals surface area contributed by atoms with Crippen LogP contribution in [0.1, 0.15) is 16.7 Å². The summed E-state index contributed by atoms with van der Waals surface area (Å²) in [5, 5.41) is 20.8. The lowest BCUT2D eigenvalue weighted by atomic mass is 9.94. The van der Waals surface area contributed by atoms with Gasteiger partial charge in [-0.1, -0.05) is 42.5 Å². The van der Waals surface area contributed by atoms with Crippen molar-refractivity contribution in [3.05, 3.63) is 77.5 Å². The number of aliphatic hydroxyl groups excluding tert-OH is 2. The molecule has 0 unspecified atom stereocenters. The number of aromatic nitrogens is 1. The molecule has 5 heteroatoms. The molecule has 144 valence electrons. The van der Waals surface area contributed by atoms with Crippen LogP contribution in [0.3, 0.4) is 0 Å². The van der Waals surface area contributed by atoms with Crippen molar-refractivity contribution in [2.45, 2.75) is 25.6 Å². The summed E-state index contributed by atoms with van der Waals surface area (Å²) in [6, 6.07) is 17.4. The monoisotopic (exact) mass is 376 g/mol. The van der Waals surface area contributed by atoms with Gasteiger partial charge in [0.2, 0.25) is 5.91 Å². The summed E-state index contributed by atoms with van der Waals surface area (Å²) < 4.78 is 0. The van der Waals surface area contributed by atoms with E-state index in [0.717, 1.165) is 34.0 Å². The number of hydrogen-bond acceptors (Lipinski definition) is 4. The van der Waals surface area contributed by atoms with Gasteiger partial charge in [-0.25, -0.2) is 0 Å². The number of aliphatic hydroxyl groups is 2. The minimum atomic E-state index is -0.521. The van der Waals surface area contributed by atoms with E-state index in [2.05, 4.69) is 11.1 Å². The first-order chi connectivity index (χ1) is 13.6. The minimum absolute atomic E-state index is 0.00207. The van der Waals surface area contributed by atoms with Crippen molar-refractivity contribution in [1.82, 2.24) is 9.88 Å². The van der Waals surface area contributed by atoms with Crippen molar-refractivity contribution in [3.63, 3.8) is 0 Å². The highest BCUT2D eigenvalue weighted by molar-refractivity contribution is 5.82. The predicted molar refractivity (Wildman–Crippen MR) is 108 cm³/mol. The molecule has 1 saturated heterocycles. The average Bonchev–Trinajstić information content (AvgIpc) is 3.09. The molecule has 0 spiro atoms.